The lowest BCUT2D eigenvalue weighted by Crippen LogP contribution is -2.38. The average Bonchev–Trinajstić information content (AvgIpc) is 2.53. The molecule has 0 radical (unpaired) electrons. The van der Waals surface area contributed by atoms with Gasteiger partial charge in [0.05, 0.1) is 13.7 Å². The van der Waals surface area contributed by atoms with Gasteiger partial charge < -0.3 is 20.1 Å². The predicted molar refractivity (Wildman–Crippen MR) is 89.3 cm³/mol. The molecule has 1 aromatic rings. The molecule has 0 aliphatic rings. The van der Waals surface area contributed by atoms with E-state index in [1.165, 1.54) is 0 Å². The van der Waals surface area contributed by atoms with Gasteiger partial charge in [0.2, 0.25) is 5.88 Å². The smallest absolute Gasteiger partial charge is 0.213 e. The number of hydrogen-bond donors (Lipinski definition) is 2. The van der Waals surface area contributed by atoms with Crippen molar-refractivity contribution in [2.75, 3.05) is 33.9 Å². The molecule has 2 N–H and O–H groups in total. The summed E-state index contributed by atoms with van der Waals surface area (Å²) in [6.07, 6.45) is 2.82. The fourth-order valence-corrected chi connectivity index (χ4v) is 1.74. The van der Waals surface area contributed by atoms with E-state index < -0.39 is 0 Å². The molecule has 1 heterocycles. The summed E-state index contributed by atoms with van der Waals surface area (Å²) in [5, 5.41) is 6.47. The summed E-state index contributed by atoms with van der Waals surface area (Å²) in [6.45, 7) is 7.27. The number of hydrogen-bond acceptors (Lipinski definition) is 4. The van der Waals surface area contributed by atoms with E-state index >= 15 is 0 Å². The largest absolute Gasteiger partial charge is 0.481 e. The van der Waals surface area contributed by atoms with Gasteiger partial charge in [0.25, 0.3) is 0 Å². The standard InChI is InChI=1S/C16H28N4O2/c1-13(2)6-9-22-10-8-19-16(17-3)20-12-14-5-7-18-15(11-14)21-4/h5,7,11,13H,6,8-10,12H2,1-4H3,(H2,17,19,20). The molecule has 0 amide bonds. The van der Waals surface area contributed by atoms with Gasteiger partial charge >= 0.3 is 0 Å². The van der Waals surface area contributed by atoms with E-state index in [0.29, 0.717) is 24.9 Å². The summed E-state index contributed by atoms with van der Waals surface area (Å²) in [5.41, 5.74) is 1.09. The van der Waals surface area contributed by atoms with Crippen LogP contribution in [0.3, 0.4) is 0 Å². The van der Waals surface area contributed by atoms with Crippen LogP contribution in [0.4, 0.5) is 0 Å². The van der Waals surface area contributed by atoms with Gasteiger partial charge in [-0.05, 0) is 24.0 Å². The third kappa shape index (κ3) is 7.83. The van der Waals surface area contributed by atoms with Gasteiger partial charge in [-0.15, -0.1) is 0 Å². The third-order valence-electron chi connectivity index (χ3n) is 3.07. The van der Waals surface area contributed by atoms with Crippen LogP contribution in [0, 0.1) is 5.92 Å². The molecule has 0 bridgehead atoms. The third-order valence-corrected chi connectivity index (χ3v) is 3.07. The molecule has 0 saturated heterocycles. The fraction of sp³-hybridized carbons (Fsp3) is 0.625. The molecule has 6 heteroatoms. The minimum Gasteiger partial charge on any atom is -0.481 e. The Morgan fingerprint density at radius 2 is 2.14 bits per heavy atom. The number of nitrogens with zero attached hydrogens (tertiary/aromatic N) is 2. The van der Waals surface area contributed by atoms with Crippen LogP contribution in [0.15, 0.2) is 23.3 Å². The van der Waals surface area contributed by atoms with E-state index in [4.69, 9.17) is 9.47 Å². The van der Waals surface area contributed by atoms with Crippen LogP contribution in [0.2, 0.25) is 0 Å². The Labute approximate surface area is 133 Å². The van der Waals surface area contributed by atoms with Crippen LogP contribution in [-0.4, -0.2) is 44.9 Å². The van der Waals surface area contributed by atoms with Crippen LogP contribution in [0.25, 0.3) is 0 Å². The summed E-state index contributed by atoms with van der Waals surface area (Å²) in [5.74, 6) is 2.05. The second-order valence-corrected chi connectivity index (χ2v) is 5.35. The highest BCUT2D eigenvalue weighted by Crippen LogP contribution is 2.07. The summed E-state index contributed by atoms with van der Waals surface area (Å²) in [6, 6.07) is 3.84. The summed E-state index contributed by atoms with van der Waals surface area (Å²) >= 11 is 0. The molecule has 1 aromatic heterocycles. The zero-order chi connectivity index (χ0) is 16.2. The van der Waals surface area contributed by atoms with Crippen molar-refractivity contribution in [3.63, 3.8) is 0 Å². The summed E-state index contributed by atoms with van der Waals surface area (Å²) in [4.78, 5) is 8.27. The molecule has 0 unspecified atom stereocenters. The highest BCUT2D eigenvalue weighted by atomic mass is 16.5. The Morgan fingerprint density at radius 1 is 1.32 bits per heavy atom. The maximum absolute atomic E-state index is 5.56. The van der Waals surface area contributed by atoms with Crippen molar-refractivity contribution in [2.45, 2.75) is 26.8 Å². The van der Waals surface area contributed by atoms with Gasteiger partial charge in [0, 0.05) is 39.0 Å². The van der Waals surface area contributed by atoms with Crippen LogP contribution in [-0.2, 0) is 11.3 Å². The first-order chi connectivity index (χ1) is 10.7. The minimum absolute atomic E-state index is 0.612. The first-order valence-corrected chi connectivity index (χ1v) is 7.67. The van der Waals surface area contributed by atoms with Gasteiger partial charge in [-0.25, -0.2) is 4.98 Å². The first kappa shape index (κ1) is 18.2. The lowest BCUT2D eigenvalue weighted by molar-refractivity contribution is 0.128. The molecular formula is C16H28N4O2. The molecule has 0 aliphatic carbocycles. The lowest BCUT2D eigenvalue weighted by atomic mass is 10.1. The Morgan fingerprint density at radius 3 is 2.82 bits per heavy atom. The van der Waals surface area contributed by atoms with Crippen molar-refractivity contribution in [2.24, 2.45) is 10.9 Å². The summed E-state index contributed by atoms with van der Waals surface area (Å²) < 4.78 is 10.7. The van der Waals surface area contributed by atoms with Crippen LogP contribution in [0.1, 0.15) is 25.8 Å². The highest BCUT2D eigenvalue weighted by Gasteiger charge is 2.00. The second kappa shape index (κ2) is 10.8. The van der Waals surface area contributed by atoms with Gasteiger partial charge in [-0.3, -0.25) is 4.99 Å². The molecule has 0 fully saturated rings. The number of aromatic nitrogens is 1. The predicted octanol–water partition coefficient (Wildman–Crippen LogP) is 1.82. The maximum Gasteiger partial charge on any atom is 0.213 e. The molecule has 124 valence electrons. The number of methoxy groups -OCH3 is 1. The quantitative estimate of drug-likeness (QED) is 0.414. The molecule has 0 saturated carbocycles. The van der Waals surface area contributed by atoms with Gasteiger partial charge in [0.1, 0.15) is 0 Å². The monoisotopic (exact) mass is 308 g/mol. The first-order valence-electron chi connectivity index (χ1n) is 7.67. The van der Waals surface area contributed by atoms with E-state index in [1.54, 1.807) is 20.4 Å². The Bertz CT molecular complexity index is 450. The molecule has 0 atom stereocenters. The van der Waals surface area contributed by atoms with E-state index in [2.05, 4.69) is 34.5 Å². The molecule has 0 aromatic carbocycles. The SMILES string of the molecule is CN=C(NCCOCCC(C)C)NCc1ccnc(OC)c1. The molecule has 6 nitrogen and oxygen atoms in total. The maximum atomic E-state index is 5.56. The number of pyridine rings is 1. The number of aliphatic imine (C=N–C) groups is 1. The topological polar surface area (TPSA) is 67.8 Å². The van der Waals surface area contributed by atoms with Gasteiger partial charge in [-0.2, -0.15) is 0 Å². The van der Waals surface area contributed by atoms with Crippen LogP contribution >= 0.6 is 0 Å². The summed E-state index contributed by atoms with van der Waals surface area (Å²) in [7, 11) is 3.36. The minimum atomic E-state index is 0.612. The molecular weight excluding hydrogens is 280 g/mol. The van der Waals surface area contributed by atoms with Gasteiger partial charge in [-0.1, -0.05) is 13.8 Å². The van der Waals surface area contributed by atoms with Crippen molar-refractivity contribution < 1.29 is 9.47 Å². The normalized spacial score (nSPS) is 11.6. The lowest BCUT2D eigenvalue weighted by Gasteiger charge is -2.12. The molecule has 22 heavy (non-hydrogen) atoms. The van der Waals surface area contributed by atoms with Crippen molar-refractivity contribution in [3.8, 4) is 5.88 Å². The Hall–Kier alpha value is -1.82. The van der Waals surface area contributed by atoms with E-state index in [0.717, 1.165) is 31.1 Å². The fourth-order valence-electron chi connectivity index (χ4n) is 1.74. The van der Waals surface area contributed by atoms with Crippen molar-refractivity contribution in [1.29, 1.82) is 0 Å². The number of ether oxygens (including phenoxy) is 2. The van der Waals surface area contributed by atoms with Crippen molar-refractivity contribution in [1.82, 2.24) is 15.6 Å². The van der Waals surface area contributed by atoms with Crippen LogP contribution < -0.4 is 15.4 Å². The molecule has 0 spiro atoms. The number of guanidine groups is 1. The Balaban J connectivity index is 2.22. The van der Waals surface area contributed by atoms with E-state index in [-0.39, 0.29) is 0 Å². The zero-order valence-electron chi connectivity index (χ0n) is 14.1. The second-order valence-electron chi connectivity index (χ2n) is 5.35. The number of rotatable bonds is 9. The van der Waals surface area contributed by atoms with Gasteiger partial charge in [0.15, 0.2) is 5.96 Å². The highest BCUT2D eigenvalue weighted by molar-refractivity contribution is 5.79. The van der Waals surface area contributed by atoms with E-state index in [1.807, 2.05) is 12.1 Å². The average molecular weight is 308 g/mol. The van der Waals surface area contributed by atoms with Crippen LogP contribution in [0.5, 0.6) is 5.88 Å². The van der Waals surface area contributed by atoms with Crippen molar-refractivity contribution in [3.05, 3.63) is 23.9 Å². The Kier molecular flexibility index (Phi) is 8.98. The number of nitrogens with one attached hydrogen (secondary N) is 2. The van der Waals surface area contributed by atoms with E-state index in [9.17, 15) is 0 Å². The molecule has 1 rings (SSSR count). The molecule has 0 aliphatic heterocycles. The van der Waals surface area contributed by atoms with Crippen molar-refractivity contribution >= 4 is 5.96 Å². The zero-order valence-corrected chi connectivity index (χ0v) is 14.1.